The van der Waals surface area contributed by atoms with E-state index in [-0.39, 0.29) is 41.4 Å². The topological polar surface area (TPSA) is 220 Å². The summed E-state index contributed by atoms with van der Waals surface area (Å²) in [7, 11) is 18.4. The zero-order chi connectivity index (χ0) is 95.4. The number of carbonyl (C=O) groups excluding carboxylic acids is 9. The van der Waals surface area contributed by atoms with E-state index in [4.69, 9.17) is 18.9 Å². The van der Waals surface area contributed by atoms with Crippen molar-refractivity contribution in [1.82, 2.24) is 34.3 Å². The lowest BCUT2D eigenvalue weighted by Gasteiger charge is -2.35. The molecule has 22 nitrogen and oxygen atoms in total. The molecule has 9 heterocycles. The van der Waals surface area contributed by atoms with Crippen LogP contribution in [0.1, 0.15) is 264 Å². The van der Waals surface area contributed by atoms with Crippen LogP contribution in [-0.4, -0.2) is 309 Å². The molecule has 0 N–H and O–H groups in total. The van der Waals surface area contributed by atoms with Crippen LogP contribution in [0.25, 0.3) is 0 Å². The van der Waals surface area contributed by atoms with Crippen molar-refractivity contribution < 1.29 is 62.1 Å². The minimum Gasteiger partial charge on any atom is -0.468 e. The molecule has 0 spiro atoms. The number of para-hydroxylation sites is 3. The van der Waals surface area contributed by atoms with Crippen molar-refractivity contribution in [3.63, 3.8) is 0 Å². The zero-order valence-electron chi connectivity index (χ0n) is 84.2. The predicted molar refractivity (Wildman–Crippen MR) is 535 cm³/mol. The van der Waals surface area contributed by atoms with Crippen LogP contribution in [0.2, 0.25) is 0 Å². The van der Waals surface area contributed by atoms with Gasteiger partial charge in [-0.2, -0.15) is 11.8 Å². The maximum absolute atomic E-state index is 11.1. The number of ether oxygens (including phenoxy) is 4. The third-order valence-corrected chi connectivity index (χ3v) is 24.7. The Kier molecular flexibility index (Phi) is 93.2. The molecule has 716 valence electrons. The van der Waals surface area contributed by atoms with E-state index in [0.717, 1.165) is 106 Å². The molecule has 7 fully saturated rings. The molecule has 0 saturated carbocycles. The van der Waals surface area contributed by atoms with Gasteiger partial charge in [-0.15, -0.1) is 47.0 Å². The van der Waals surface area contributed by atoms with Crippen molar-refractivity contribution in [2.24, 2.45) is 0 Å². The Morgan fingerprint density at radius 1 is 0.344 bits per heavy atom. The smallest absolute Gasteiger partial charge is 0.179 e. The summed E-state index contributed by atoms with van der Waals surface area (Å²) in [5, 5.41) is 0.446. The van der Waals surface area contributed by atoms with Crippen molar-refractivity contribution in [2.45, 2.75) is 323 Å². The van der Waals surface area contributed by atoms with Gasteiger partial charge in [0.05, 0.1) is 49.7 Å². The first kappa shape index (κ1) is 131. The molecule has 2 aromatic rings. The lowest BCUT2D eigenvalue weighted by Crippen LogP contribution is -2.43. The van der Waals surface area contributed by atoms with Crippen LogP contribution in [0.5, 0.6) is 5.75 Å². The van der Waals surface area contributed by atoms with E-state index >= 15 is 0 Å². The first-order chi connectivity index (χ1) is 58.3. The lowest BCUT2D eigenvalue weighted by atomic mass is 10.1. The van der Waals surface area contributed by atoms with Gasteiger partial charge in [-0.25, -0.2) is 0 Å². The summed E-state index contributed by atoms with van der Waals surface area (Å²) in [6.45, 7) is 58.7. The molecule has 0 aromatic heterocycles. The summed E-state index contributed by atoms with van der Waals surface area (Å²) in [5.41, 5.74) is 2.30. The summed E-state index contributed by atoms with van der Waals surface area (Å²) in [6.07, 6.45) is 9.14. The minimum absolute atomic E-state index is 0.0289. The van der Waals surface area contributed by atoms with Gasteiger partial charge in [0.1, 0.15) is 64.0 Å². The Hall–Kier alpha value is -3.78. The van der Waals surface area contributed by atoms with Crippen molar-refractivity contribution in [3.05, 3.63) is 48.5 Å². The minimum atomic E-state index is -0.134. The van der Waals surface area contributed by atoms with Gasteiger partial charge >= 0.3 is 0 Å². The largest absolute Gasteiger partial charge is 0.468 e. The van der Waals surface area contributed by atoms with Crippen LogP contribution in [0.4, 0.5) is 11.4 Å². The molecule has 9 aliphatic rings. The Balaban J connectivity index is -0.000000239. The molecule has 9 atom stereocenters. The van der Waals surface area contributed by atoms with E-state index in [0.29, 0.717) is 123 Å². The van der Waals surface area contributed by atoms with Gasteiger partial charge < -0.3 is 33.6 Å². The molecular weight excluding hydrogens is 1640 g/mol. The number of thioether (sulfide) groups is 5. The van der Waals surface area contributed by atoms with Gasteiger partial charge in [0.2, 0.25) is 0 Å². The predicted octanol–water partition coefficient (Wildman–Crippen LogP) is 19.5. The summed E-state index contributed by atoms with van der Waals surface area (Å²) in [6, 6.07) is 18.7. The van der Waals surface area contributed by atoms with E-state index in [2.05, 4.69) is 92.6 Å². The third kappa shape index (κ3) is 64.9. The maximum Gasteiger partial charge on any atom is 0.179 e. The summed E-state index contributed by atoms with van der Waals surface area (Å²) < 4.78 is 21.4. The number of anilines is 2. The number of morpholine rings is 1. The number of carbonyl (C=O) groups is 9. The molecule has 0 amide bonds. The van der Waals surface area contributed by atoms with Gasteiger partial charge in [-0.3, -0.25) is 72.6 Å². The number of rotatable bonds is 18. The van der Waals surface area contributed by atoms with Crippen molar-refractivity contribution >= 4 is 122 Å². The number of hydrogen-bond donors (Lipinski definition) is 0. The molecule has 9 unspecified atom stereocenters. The van der Waals surface area contributed by atoms with Gasteiger partial charge in [0.25, 0.3) is 0 Å². The highest BCUT2D eigenvalue weighted by atomic mass is 32.2. The fourth-order valence-corrected chi connectivity index (χ4v) is 18.3. The van der Waals surface area contributed by atoms with Crippen LogP contribution < -0.4 is 14.5 Å². The van der Waals surface area contributed by atoms with E-state index in [9.17, 15) is 43.2 Å². The number of likely N-dealkylation sites (N-methyl/N-ethyl adjacent to an activating group) is 2. The second-order valence-corrected chi connectivity index (χ2v) is 34.2. The number of ketones is 9. The Labute approximate surface area is 769 Å². The van der Waals surface area contributed by atoms with Crippen LogP contribution in [0.3, 0.4) is 0 Å². The standard InChI is InChI=1S/C12H15NOS.C11H13NO2.2C8H15NO2.3C8H15NOS.C7H13NO2.C7H13NOS.9C2H6/c1-9(14)7-10-8-15-12-6-4-3-5-11(12)13(10)2;1-8(13)7-11-12(2)9-5-3-4-6-10(9)14-11;1-7(10)5-8-6-11-4-3-9(8)2;1-7(10)6-8-9(2)4-3-5-11-8;1-7(10)5-8-6-11-4-3-9(8)2;1-7(10)5-8-3-4-11-6-9(8)2;1-7(10)6-8-9(2)4-3-5-11-8;2*1-6(9)3-7-4-10-5-8(7)2;9*1-2/h3-6,10H,7-8H2,1-2H3;3-6,11H,7H2,1-2H3;5*8H,3-6H2,1-2H3;2*7H,3-5H2,1-2H3;9*1-2H3. The molecular formula is C95H183N9O13S5. The van der Waals surface area contributed by atoms with Gasteiger partial charge in [-0.05, 0) is 173 Å². The number of hydrogen-bond acceptors (Lipinski definition) is 27. The molecule has 27 heteroatoms. The van der Waals surface area contributed by atoms with E-state index in [1.165, 1.54) is 40.7 Å². The molecule has 7 saturated heterocycles. The first-order valence-electron chi connectivity index (χ1n) is 45.7. The van der Waals surface area contributed by atoms with E-state index in [1.807, 2.05) is 247 Å². The Morgan fingerprint density at radius 3 is 1.21 bits per heavy atom. The van der Waals surface area contributed by atoms with Crippen LogP contribution >= 0.6 is 58.8 Å². The Bertz CT molecular complexity index is 2700. The van der Waals surface area contributed by atoms with Crippen molar-refractivity contribution in [1.29, 1.82) is 0 Å². The van der Waals surface area contributed by atoms with Crippen molar-refractivity contribution in [3.8, 4) is 5.75 Å². The number of Topliss-reactive ketones (excluding diaryl/α,β-unsaturated/α-hetero) is 9. The van der Waals surface area contributed by atoms with E-state index in [1.54, 1.807) is 62.3 Å². The monoisotopic (exact) mass is 1820 g/mol. The molecule has 122 heavy (non-hydrogen) atoms. The summed E-state index contributed by atoms with van der Waals surface area (Å²) in [5.74, 6) is 12.2. The van der Waals surface area contributed by atoms with E-state index < -0.39 is 0 Å². The maximum atomic E-state index is 11.1. The Morgan fingerprint density at radius 2 is 0.762 bits per heavy atom. The van der Waals surface area contributed by atoms with Crippen LogP contribution in [0.15, 0.2) is 53.4 Å². The molecule has 0 radical (unpaired) electrons. The third-order valence-electron chi connectivity index (χ3n) is 18.6. The number of nitrogens with zero attached hydrogens (tertiary/aromatic N) is 9. The van der Waals surface area contributed by atoms with Crippen LogP contribution in [-0.2, 0) is 57.4 Å². The average molecular weight is 1820 g/mol. The summed E-state index contributed by atoms with van der Waals surface area (Å²) >= 11 is 9.56. The quantitative estimate of drug-likeness (QED) is 0.135. The normalized spacial score (nSPS) is 21.7. The molecule has 11 rings (SSSR count). The second-order valence-electron chi connectivity index (χ2n) is 28.6. The highest BCUT2D eigenvalue weighted by molar-refractivity contribution is 8.00. The van der Waals surface area contributed by atoms with Crippen LogP contribution in [0, 0.1) is 0 Å². The zero-order valence-corrected chi connectivity index (χ0v) is 88.3. The average Bonchev–Trinajstić information content (AvgIpc) is 0.890. The van der Waals surface area contributed by atoms with Gasteiger partial charge in [0, 0.05) is 168 Å². The molecule has 0 bridgehead atoms. The molecule has 9 aliphatic heterocycles. The summed E-state index contributed by atoms with van der Waals surface area (Å²) in [4.78, 5) is 118. The van der Waals surface area contributed by atoms with Gasteiger partial charge in [0.15, 0.2) is 6.23 Å². The highest BCUT2D eigenvalue weighted by Gasteiger charge is 2.30. The fourth-order valence-electron chi connectivity index (χ4n) is 12.2. The number of benzene rings is 2. The first-order valence-corrected chi connectivity index (χ1v) is 51.2. The highest BCUT2D eigenvalue weighted by Crippen LogP contribution is 2.38. The SMILES string of the molecule is CC.CC.CC.CC.CC.CC.CC.CC.CC.CC(=O)CC1CCSCN1C.CC(=O)CC1COCCN1C.CC(=O)CC1COCN1C.CC(=O)CC1CSCCN1C.CC(=O)CC1CSCN1C.CC(=O)CC1CSc2ccccc2N1C.CC(=O)CC1OCCCN1C.CC(=O)CC1Oc2ccccc2N1C.CC(=O)CC1SCCCN1C. The lowest BCUT2D eigenvalue weighted by molar-refractivity contribution is -0.129. The molecule has 0 aliphatic carbocycles. The fraction of sp³-hybridized carbons (Fsp3) is 0.779. The second kappa shape index (κ2) is 86.6. The molecule has 2 aromatic carbocycles. The number of fused-ring (bicyclic) bond motifs is 2. The van der Waals surface area contributed by atoms with Gasteiger partial charge in [-0.1, -0.05) is 149 Å². The van der Waals surface area contributed by atoms with Crippen molar-refractivity contribution in [2.75, 3.05) is 179 Å².